The lowest BCUT2D eigenvalue weighted by Gasteiger charge is -2.38. The molecule has 4 rings (SSSR count). The topological polar surface area (TPSA) is 68.7 Å². The van der Waals surface area contributed by atoms with Crippen LogP contribution in [-0.4, -0.2) is 29.4 Å². The van der Waals surface area contributed by atoms with Crippen LogP contribution < -0.4 is 4.74 Å². The van der Waals surface area contributed by atoms with Gasteiger partial charge in [-0.05, 0) is 30.3 Å². The van der Waals surface area contributed by atoms with Gasteiger partial charge in [0.2, 0.25) is 0 Å². The number of fused-ring (bicyclic) bond motifs is 1. The second kappa shape index (κ2) is 8.26. The lowest BCUT2D eigenvalue weighted by molar-refractivity contribution is -0.120. The number of carbonyl (C=O) groups excluding carboxylic acids is 2. The van der Waals surface area contributed by atoms with Gasteiger partial charge in [0.25, 0.3) is 12.4 Å². The minimum absolute atomic E-state index is 0.00442. The minimum Gasteiger partial charge on any atom is -0.429 e. The van der Waals surface area contributed by atoms with Crippen LogP contribution in [0.25, 0.3) is 0 Å². The van der Waals surface area contributed by atoms with E-state index in [1.54, 1.807) is 36.4 Å². The summed E-state index contributed by atoms with van der Waals surface area (Å²) in [5, 5.41) is 0.915. The van der Waals surface area contributed by atoms with Crippen LogP contribution in [0.4, 0.5) is 4.39 Å². The molecule has 3 aromatic rings. The molecule has 1 aliphatic rings. The number of hydrogen-bond acceptors (Lipinski definition) is 5. The van der Waals surface area contributed by atoms with Crippen molar-refractivity contribution < 1.29 is 23.5 Å². The Morgan fingerprint density at radius 2 is 1.84 bits per heavy atom. The lowest BCUT2D eigenvalue weighted by Crippen LogP contribution is -2.46. The van der Waals surface area contributed by atoms with Gasteiger partial charge in [-0.25, -0.2) is 4.39 Å². The average molecular weight is 461 g/mol. The van der Waals surface area contributed by atoms with E-state index in [9.17, 15) is 9.59 Å². The zero-order chi connectivity index (χ0) is 22.2. The zero-order valence-corrected chi connectivity index (χ0v) is 17.7. The van der Waals surface area contributed by atoms with Crippen molar-refractivity contribution in [3.8, 4) is 5.75 Å². The molecule has 9 heteroatoms. The number of benzene rings is 2. The number of rotatable bonds is 6. The molecule has 1 aromatic heterocycles. The van der Waals surface area contributed by atoms with Gasteiger partial charge in [0.1, 0.15) is 11.6 Å². The molecule has 0 saturated carbocycles. The second-order valence-corrected chi connectivity index (χ2v) is 7.63. The number of aromatic nitrogens is 1. The SMILES string of the molecule is CO[C@]1(c2ccc(Cl)cc2)c2c(F)cc(OC=O)cc2C(=O)N1Cc1ccc(Cl)cn1. The Bertz CT molecular complexity index is 1160. The van der Waals surface area contributed by atoms with E-state index < -0.39 is 17.4 Å². The number of ether oxygens (including phenoxy) is 2. The van der Waals surface area contributed by atoms with Crippen LogP contribution in [0.3, 0.4) is 0 Å². The highest BCUT2D eigenvalue weighted by Gasteiger charge is 2.54. The molecule has 0 bridgehead atoms. The summed E-state index contributed by atoms with van der Waals surface area (Å²) >= 11 is 12.0. The summed E-state index contributed by atoms with van der Waals surface area (Å²) in [6.07, 6.45) is 1.46. The Morgan fingerprint density at radius 3 is 2.45 bits per heavy atom. The van der Waals surface area contributed by atoms with E-state index in [4.69, 9.17) is 32.7 Å². The first-order valence-corrected chi connectivity index (χ1v) is 9.84. The molecule has 1 aliphatic heterocycles. The van der Waals surface area contributed by atoms with Gasteiger partial charge in [-0.2, -0.15) is 0 Å². The fourth-order valence-corrected chi connectivity index (χ4v) is 4.03. The quantitative estimate of drug-likeness (QED) is 0.504. The summed E-state index contributed by atoms with van der Waals surface area (Å²) in [7, 11) is 1.38. The first-order valence-electron chi connectivity index (χ1n) is 9.08. The molecule has 1 amide bonds. The van der Waals surface area contributed by atoms with E-state index in [0.717, 1.165) is 6.07 Å². The Balaban J connectivity index is 1.94. The predicted molar refractivity (Wildman–Crippen MR) is 111 cm³/mol. The monoisotopic (exact) mass is 460 g/mol. The molecule has 0 aliphatic carbocycles. The van der Waals surface area contributed by atoms with Crippen LogP contribution in [0, 0.1) is 5.82 Å². The molecule has 2 aromatic carbocycles. The van der Waals surface area contributed by atoms with Crippen molar-refractivity contribution in [2.75, 3.05) is 7.11 Å². The fourth-order valence-electron chi connectivity index (χ4n) is 3.79. The third-order valence-electron chi connectivity index (χ3n) is 5.08. The van der Waals surface area contributed by atoms with Gasteiger partial charge in [-0.3, -0.25) is 19.5 Å². The number of nitrogens with zero attached hydrogens (tertiary/aromatic N) is 2. The summed E-state index contributed by atoms with van der Waals surface area (Å²) < 4.78 is 26.0. The number of halogens is 3. The van der Waals surface area contributed by atoms with Gasteiger partial charge in [0.05, 0.1) is 28.4 Å². The van der Waals surface area contributed by atoms with Gasteiger partial charge in [-0.15, -0.1) is 0 Å². The van der Waals surface area contributed by atoms with E-state index in [0.29, 0.717) is 21.3 Å². The molecule has 0 radical (unpaired) electrons. The van der Waals surface area contributed by atoms with Crippen molar-refractivity contribution in [1.82, 2.24) is 9.88 Å². The van der Waals surface area contributed by atoms with E-state index in [1.807, 2.05) is 0 Å². The lowest BCUT2D eigenvalue weighted by atomic mass is 9.92. The van der Waals surface area contributed by atoms with E-state index in [1.165, 1.54) is 24.3 Å². The smallest absolute Gasteiger partial charge is 0.298 e. The number of methoxy groups -OCH3 is 1. The van der Waals surface area contributed by atoms with Gasteiger partial charge in [0.15, 0.2) is 5.72 Å². The zero-order valence-electron chi connectivity index (χ0n) is 16.1. The molecule has 2 heterocycles. The summed E-state index contributed by atoms with van der Waals surface area (Å²) in [5.41, 5.74) is -0.562. The second-order valence-electron chi connectivity index (χ2n) is 6.76. The highest BCUT2D eigenvalue weighted by atomic mass is 35.5. The molecule has 0 spiro atoms. The van der Waals surface area contributed by atoms with Gasteiger partial charge in [-0.1, -0.05) is 35.3 Å². The first kappa shape index (κ1) is 21.2. The molecule has 0 N–H and O–H groups in total. The molecular weight excluding hydrogens is 446 g/mol. The van der Waals surface area contributed by atoms with Crippen LogP contribution in [0.5, 0.6) is 5.75 Å². The fraction of sp³-hybridized carbons (Fsp3) is 0.136. The maximum Gasteiger partial charge on any atom is 0.298 e. The normalized spacial score (nSPS) is 17.5. The van der Waals surface area contributed by atoms with Crippen LogP contribution in [0.1, 0.15) is 27.2 Å². The van der Waals surface area contributed by atoms with Crippen molar-refractivity contribution in [3.63, 3.8) is 0 Å². The maximum absolute atomic E-state index is 15.3. The molecular formula is C22H15Cl2FN2O4. The van der Waals surface area contributed by atoms with Gasteiger partial charge < -0.3 is 9.47 Å². The standard InChI is InChI=1S/C22H15Cl2FN2O4/c1-30-22(13-2-4-14(23)5-3-13)20-18(8-17(31-12-28)9-19(20)25)21(29)27(22)11-16-7-6-15(24)10-26-16/h2-10,12H,11H2,1H3/t22-/m1/s1. The largest absolute Gasteiger partial charge is 0.429 e. The molecule has 6 nitrogen and oxygen atoms in total. The highest BCUT2D eigenvalue weighted by Crippen LogP contribution is 2.48. The number of carbonyl (C=O) groups is 2. The summed E-state index contributed by atoms with van der Waals surface area (Å²) in [4.78, 5) is 29.8. The predicted octanol–water partition coefficient (Wildman–Crippen LogP) is 4.57. The summed E-state index contributed by atoms with van der Waals surface area (Å²) in [6, 6.07) is 12.2. The van der Waals surface area contributed by atoms with Crippen molar-refractivity contribution in [2.24, 2.45) is 0 Å². The van der Waals surface area contributed by atoms with Gasteiger partial charge >= 0.3 is 0 Å². The Hall–Kier alpha value is -3.00. The Labute approximate surface area is 187 Å². The Kier molecular flexibility index (Phi) is 5.66. The molecule has 0 unspecified atom stereocenters. The van der Waals surface area contributed by atoms with Crippen LogP contribution >= 0.6 is 23.2 Å². The molecule has 31 heavy (non-hydrogen) atoms. The van der Waals surface area contributed by atoms with Crippen LogP contribution in [0.2, 0.25) is 10.0 Å². The van der Waals surface area contributed by atoms with Crippen molar-refractivity contribution in [2.45, 2.75) is 12.3 Å². The van der Waals surface area contributed by atoms with Gasteiger partial charge in [0, 0.05) is 30.0 Å². The number of hydrogen-bond donors (Lipinski definition) is 0. The molecule has 1 atom stereocenters. The van der Waals surface area contributed by atoms with Crippen molar-refractivity contribution in [1.29, 1.82) is 0 Å². The van der Waals surface area contributed by atoms with E-state index in [-0.39, 0.29) is 29.9 Å². The summed E-state index contributed by atoms with van der Waals surface area (Å²) in [5.74, 6) is -1.36. The first-order chi connectivity index (χ1) is 14.9. The number of pyridine rings is 1. The van der Waals surface area contributed by atoms with E-state index in [2.05, 4.69) is 4.98 Å². The Morgan fingerprint density at radius 1 is 1.13 bits per heavy atom. The van der Waals surface area contributed by atoms with Crippen LogP contribution in [0.15, 0.2) is 54.7 Å². The van der Waals surface area contributed by atoms with Crippen molar-refractivity contribution in [3.05, 3.63) is 93.0 Å². The molecule has 0 saturated heterocycles. The molecule has 158 valence electrons. The molecule has 0 fully saturated rings. The third kappa shape index (κ3) is 3.54. The number of amides is 1. The van der Waals surface area contributed by atoms with Crippen LogP contribution in [-0.2, 0) is 21.8 Å². The third-order valence-corrected chi connectivity index (χ3v) is 5.56. The minimum atomic E-state index is -1.60. The maximum atomic E-state index is 15.3. The highest BCUT2D eigenvalue weighted by molar-refractivity contribution is 6.30. The van der Waals surface area contributed by atoms with Crippen molar-refractivity contribution >= 4 is 35.6 Å². The average Bonchev–Trinajstić information content (AvgIpc) is 3.00. The van der Waals surface area contributed by atoms with E-state index >= 15 is 4.39 Å². The summed E-state index contributed by atoms with van der Waals surface area (Å²) in [6.45, 7) is 0.170.